The third-order valence-electron chi connectivity index (χ3n) is 8.19. The van der Waals surface area contributed by atoms with Gasteiger partial charge in [-0.25, -0.2) is 0 Å². The Labute approximate surface area is 238 Å². The maximum Gasteiger partial charge on any atom is 0.252 e. The van der Waals surface area contributed by atoms with Gasteiger partial charge >= 0.3 is 0 Å². The summed E-state index contributed by atoms with van der Waals surface area (Å²) in [5.41, 5.74) is 6.66. The number of primary amides is 1. The number of ether oxygens (including phenoxy) is 3. The highest BCUT2D eigenvalue weighted by Crippen LogP contribution is 2.52. The van der Waals surface area contributed by atoms with Crippen LogP contribution in [-0.2, 0) is 20.7 Å². The molecule has 1 aliphatic heterocycles. The lowest BCUT2D eigenvalue weighted by atomic mass is 9.71. The van der Waals surface area contributed by atoms with Crippen molar-refractivity contribution >= 4 is 23.3 Å². The fraction of sp³-hybridized carbons (Fsp3) is 0.429. The maximum absolute atomic E-state index is 13.9. The molecule has 224 valence electrons. The van der Waals surface area contributed by atoms with E-state index in [1.54, 1.807) is 6.92 Å². The molecule has 0 unspecified atom stereocenters. The van der Waals surface area contributed by atoms with Gasteiger partial charge in [-0.1, -0.05) is 0 Å². The molecule has 0 spiro atoms. The normalized spacial score (nSPS) is 28.5. The highest BCUT2D eigenvalue weighted by Gasteiger charge is 2.50. The van der Waals surface area contributed by atoms with Crippen molar-refractivity contribution in [1.29, 1.82) is 0 Å². The summed E-state index contributed by atoms with van der Waals surface area (Å²) in [5, 5.41) is 53.9. The summed E-state index contributed by atoms with van der Waals surface area (Å²) in [6.07, 6.45) is -5.51. The number of amides is 1. The summed E-state index contributed by atoms with van der Waals surface area (Å²) >= 11 is 0. The van der Waals surface area contributed by atoms with Crippen molar-refractivity contribution in [2.45, 2.75) is 62.4 Å². The van der Waals surface area contributed by atoms with E-state index < -0.39 is 102 Å². The summed E-state index contributed by atoms with van der Waals surface area (Å²) < 4.78 is 17.0. The number of benzene rings is 2. The minimum absolute atomic E-state index is 0.0285. The predicted molar refractivity (Wildman–Crippen MR) is 140 cm³/mol. The van der Waals surface area contributed by atoms with Gasteiger partial charge in [-0.15, -0.1) is 0 Å². The monoisotopic (exact) mass is 586 g/mol. The number of phenols is 2. The number of aliphatic hydroxyl groups is 3. The van der Waals surface area contributed by atoms with Crippen LogP contribution in [0.4, 0.5) is 0 Å². The number of methoxy groups -OCH3 is 1. The van der Waals surface area contributed by atoms with Crippen LogP contribution in [0.3, 0.4) is 0 Å². The van der Waals surface area contributed by atoms with E-state index in [9.17, 15) is 44.7 Å². The van der Waals surface area contributed by atoms with E-state index >= 15 is 0 Å². The van der Waals surface area contributed by atoms with Gasteiger partial charge in [0.15, 0.2) is 17.9 Å². The summed E-state index contributed by atoms with van der Waals surface area (Å²) in [7, 11) is 1.16. The quantitative estimate of drug-likeness (QED) is 0.173. The number of Topliss-reactive ketones (excluding diaryl/α,β-unsaturated/α-hetero) is 1. The lowest BCUT2D eigenvalue weighted by Crippen LogP contribution is -2.53. The van der Waals surface area contributed by atoms with Crippen LogP contribution in [0.2, 0.25) is 0 Å². The molecule has 42 heavy (non-hydrogen) atoms. The number of nitrogens with two attached hydrogens (primary N) is 2. The van der Waals surface area contributed by atoms with Crippen molar-refractivity contribution in [2.75, 3.05) is 13.7 Å². The van der Waals surface area contributed by atoms with Crippen molar-refractivity contribution < 1.29 is 58.9 Å². The van der Waals surface area contributed by atoms with Crippen LogP contribution >= 0.6 is 0 Å². The average molecular weight is 587 g/mol. The molecular weight excluding hydrogens is 556 g/mol. The molecule has 0 saturated carbocycles. The number of ketones is 3. The van der Waals surface area contributed by atoms with Crippen molar-refractivity contribution in [3.05, 3.63) is 51.1 Å². The molecule has 6 atom stereocenters. The van der Waals surface area contributed by atoms with Gasteiger partial charge in [-0.05, 0) is 19.1 Å². The summed E-state index contributed by atoms with van der Waals surface area (Å²) in [4.78, 5) is 52.2. The van der Waals surface area contributed by atoms with Gasteiger partial charge in [0.2, 0.25) is 5.78 Å². The van der Waals surface area contributed by atoms with E-state index in [0.29, 0.717) is 0 Å². The van der Waals surface area contributed by atoms with Gasteiger partial charge in [0.25, 0.3) is 5.91 Å². The van der Waals surface area contributed by atoms with Gasteiger partial charge in [0.1, 0.15) is 29.5 Å². The number of hydrogen-bond donors (Lipinski definition) is 7. The van der Waals surface area contributed by atoms with Crippen LogP contribution < -0.4 is 16.2 Å². The molecule has 2 aromatic carbocycles. The van der Waals surface area contributed by atoms with Crippen molar-refractivity contribution in [3.8, 4) is 17.2 Å². The van der Waals surface area contributed by atoms with Gasteiger partial charge in [-0.3, -0.25) is 19.2 Å². The van der Waals surface area contributed by atoms with Crippen molar-refractivity contribution in [2.24, 2.45) is 11.5 Å². The Balaban J connectivity index is 1.71. The molecule has 2 aromatic rings. The smallest absolute Gasteiger partial charge is 0.252 e. The number of aromatic hydroxyl groups is 2. The average Bonchev–Trinajstić information content (AvgIpc) is 2.94. The second kappa shape index (κ2) is 10.4. The standard InChI is InChI=1S/C28H30N2O12/c1-9-21(33)13(29)5-16(41-9)42-14-7-28(39,15(32)8-31)6-12-17(14)24(36)20-19(23(12)35)22(34)10-3-4-11(27(30)38)26(40-2)18(10)25(20)37/h3-4,9,13-14,16,21,31,33,35-36,39H,5-8,29H2,1-2H3,(H2,30,38)/t9-,13-,14-,16-,21+,28-/m0/s1. The lowest BCUT2D eigenvalue weighted by Gasteiger charge is -2.42. The zero-order valence-corrected chi connectivity index (χ0v) is 22.6. The van der Waals surface area contributed by atoms with E-state index in [4.69, 9.17) is 25.7 Å². The molecule has 14 nitrogen and oxygen atoms in total. The van der Waals surface area contributed by atoms with Crippen LogP contribution in [-0.4, -0.2) is 92.6 Å². The fourth-order valence-electron chi connectivity index (χ4n) is 6.03. The Morgan fingerprint density at radius 2 is 1.79 bits per heavy atom. The Kier molecular flexibility index (Phi) is 7.33. The molecule has 0 radical (unpaired) electrons. The van der Waals surface area contributed by atoms with E-state index in [1.165, 1.54) is 6.07 Å². The molecule has 1 fully saturated rings. The largest absolute Gasteiger partial charge is 0.507 e. The molecule has 1 amide bonds. The number of phenolic OH excluding ortho intramolecular Hbond substituents is 2. The van der Waals surface area contributed by atoms with E-state index in [1.807, 2.05) is 0 Å². The van der Waals surface area contributed by atoms with Crippen LogP contribution in [0, 0.1) is 0 Å². The Morgan fingerprint density at radius 3 is 2.38 bits per heavy atom. The van der Waals surface area contributed by atoms with Gasteiger partial charge in [-0.2, -0.15) is 0 Å². The van der Waals surface area contributed by atoms with Crippen LogP contribution in [0.15, 0.2) is 12.1 Å². The van der Waals surface area contributed by atoms with Crippen LogP contribution in [0.25, 0.3) is 0 Å². The van der Waals surface area contributed by atoms with Crippen molar-refractivity contribution in [1.82, 2.24) is 0 Å². The molecule has 1 heterocycles. The summed E-state index contributed by atoms with van der Waals surface area (Å²) in [5.74, 6) is -5.69. The minimum Gasteiger partial charge on any atom is -0.507 e. The molecule has 0 aromatic heterocycles. The van der Waals surface area contributed by atoms with Gasteiger partial charge < -0.3 is 51.2 Å². The fourth-order valence-corrected chi connectivity index (χ4v) is 6.03. The molecule has 0 bridgehead atoms. The SMILES string of the molecule is COc1c(C(N)=O)ccc2c1C(=O)c1c(O)c3c(c(O)c1C2=O)C[C@@](O)(C(=O)CO)C[C@@H]3O[C@H]1C[C@H](N)[C@H](O)[C@H](C)O1. The molecule has 9 N–H and O–H groups in total. The molecule has 2 aliphatic carbocycles. The first-order chi connectivity index (χ1) is 19.7. The highest BCUT2D eigenvalue weighted by molar-refractivity contribution is 6.32. The molecule has 14 heteroatoms. The molecule has 3 aliphatic rings. The van der Waals surface area contributed by atoms with Crippen molar-refractivity contribution in [3.63, 3.8) is 0 Å². The third kappa shape index (κ3) is 4.35. The second-order valence-electron chi connectivity index (χ2n) is 10.7. The molecule has 5 rings (SSSR count). The first-order valence-electron chi connectivity index (χ1n) is 13.1. The van der Waals surface area contributed by atoms with Crippen LogP contribution in [0.5, 0.6) is 17.2 Å². The number of fused-ring (bicyclic) bond motifs is 3. The first kappa shape index (κ1) is 29.6. The van der Waals surface area contributed by atoms with Gasteiger partial charge in [0, 0.05) is 42.0 Å². The second-order valence-corrected chi connectivity index (χ2v) is 10.7. The first-order valence-corrected chi connectivity index (χ1v) is 13.1. The topological polar surface area (TPSA) is 249 Å². The number of carbonyl (C=O) groups excluding carboxylic acids is 4. The number of carbonyl (C=O) groups is 4. The molecule has 1 saturated heterocycles. The highest BCUT2D eigenvalue weighted by atomic mass is 16.7. The Bertz CT molecular complexity index is 1530. The predicted octanol–water partition coefficient (Wildman–Crippen LogP) is -0.900. The van der Waals surface area contributed by atoms with E-state index in [2.05, 4.69) is 0 Å². The summed E-state index contributed by atoms with van der Waals surface area (Å²) in [6, 6.07) is 1.57. The summed E-state index contributed by atoms with van der Waals surface area (Å²) in [6.45, 7) is 0.493. The Hall–Kier alpha value is -3.92. The van der Waals surface area contributed by atoms with E-state index in [0.717, 1.165) is 13.2 Å². The third-order valence-corrected chi connectivity index (χ3v) is 8.19. The lowest BCUT2D eigenvalue weighted by molar-refractivity contribution is -0.247. The Morgan fingerprint density at radius 1 is 1.12 bits per heavy atom. The number of rotatable bonds is 6. The number of hydrogen-bond acceptors (Lipinski definition) is 13. The minimum atomic E-state index is -2.30. The zero-order valence-electron chi connectivity index (χ0n) is 22.6. The zero-order chi connectivity index (χ0) is 30.8. The van der Waals surface area contributed by atoms with Gasteiger partial charge in [0.05, 0.1) is 47.7 Å². The number of aliphatic hydroxyl groups excluding tert-OH is 2. The maximum atomic E-state index is 13.9. The van der Waals surface area contributed by atoms with Crippen LogP contribution in [0.1, 0.15) is 79.2 Å². The molecular formula is C28H30N2O12. The van der Waals surface area contributed by atoms with E-state index in [-0.39, 0.29) is 40.0 Å².